The molecule has 4 heteroatoms. The molecule has 0 heterocycles. The van der Waals surface area contributed by atoms with Gasteiger partial charge >= 0.3 is 0 Å². The summed E-state index contributed by atoms with van der Waals surface area (Å²) in [5, 5.41) is 0. The van der Waals surface area contributed by atoms with E-state index in [1.165, 1.54) is 6.21 Å². The van der Waals surface area contributed by atoms with Gasteiger partial charge in [0.05, 0.1) is 4.90 Å². The van der Waals surface area contributed by atoms with Crippen molar-refractivity contribution in [3.63, 3.8) is 0 Å². The number of hydrogen-bond acceptors (Lipinski definition) is 2. The highest BCUT2D eigenvalue weighted by Crippen LogP contribution is 2.18. The monoisotopic (exact) mass is 239 g/mol. The van der Waals surface area contributed by atoms with E-state index in [-0.39, 0.29) is 4.90 Å². The van der Waals surface area contributed by atoms with E-state index in [1.807, 2.05) is 19.1 Å². The molecule has 0 aliphatic heterocycles. The van der Waals surface area contributed by atoms with Gasteiger partial charge in [0, 0.05) is 6.21 Å². The molecule has 0 saturated heterocycles. The molecule has 16 heavy (non-hydrogen) atoms. The van der Waals surface area contributed by atoms with E-state index in [4.69, 9.17) is 0 Å². The van der Waals surface area contributed by atoms with Crippen LogP contribution in [0, 0.1) is 0 Å². The third-order valence-electron chi connectivity index (χ3n) is 2.24. The lowest BCUT2D eigenvalue weighted by Crippen LogP contribution is -1.98. The third-order valence-corrected chi connectivity index (χ3v) is 3.54. The summed E-state index contributed by atoms with van der Waals surface area (Å²) >= 11 is 0. The van der Waals surface area contributed by atoms with Crippen molar-refractivity contribution in [2.75, 3.05) is 0 Å². The first-order valence-electron chi connectivity index (χ1n) is 5.36. The zero-order chi connectivity index (χ0) is 12.2. The molecule has 0 bridgehead atoms. The Hall–Kier alpha value is -1.16. The van der Waals surface area contributed by atoms with Crippen LogP contribution < -0.4 is 0 Å². The fourth-order valence-corrected chi connectivity index (χ4v) is 2.21. The molecule has 0 fully saturated rings. The van der Waals surface area contributed by atoms with Crippen LogP contribution in [0.2, 0.25) is 0 Å². The fourth-order valence-electron chi connectivity index (χ4n) is 1.26. The van der Waals surface area contributed by atoms with Crippen LogP contribution in [0.15, 0.2) is 33.6 Å². The first-order chi connectivity index (χ1) is 7.47. The molecular formula is C12H17NO2S. The van der Waals surface area contributed by atoms with Gasteiger partial charge in [0.25, 0.3) is 10.0 Å². The number of benzene rings is 1. The van der Waals surface area contributed by atoms with E-state index in [2.05, 4.69) is 18.2 Å². The van der Waals surface area contributed by atoms with E-state index < -0.39 is 10.0 Å². The summed E-state index contributed by atoms with van der Waals surface area (Å²) in [6, 6.07) is 6.88. The summed E-state index contributed by atoms with van der Waals surface area (Å²) in [5.74, 6) is 0.399. The highest BCUT2D eigenvalue weighted by atomic mass is 32.2. The van der Waals surface area contributed by atoms with Crippen LogP contribution in [-0.4, -0.2) is 14.6 Å². The topological polar surface area (TPSA) is 46.5 Å². The quantitative estimate of drug-likeness (QED) is 0.758. The molecular weight excluding hydrogens is 222 g/mol. The summed E-state index contributed by atoms with van der Waals surface area (Å²) in [4.78, 5) is 0.251. The first-order valence-corrected chi connectivity index (χ1v) is 6.80. The van der Waals surface area contributed by atoms with Gasteiger partial charge in [-0.25, -0.2) is 0 Å². The second-order valence-corrected chi connectivity index (χ2v) is 5.53. The molecule has 0 atom stereocenters. The fraction of sp³-hybridized carbons (Fsp3) is 0.417. The summed E-state index contributed by atoms with van der Waals surface area (Å²) in [7, 11) is -3.50. The Morgan fingerprint density at radius 2 is 1.81 bits per heavy atom. The van der Waals surface area contributed by atoms with Gasteiger partial charge in [-0.15, -0.1) is 0 Å². The lowest BCUT2D eigenvalue weighted by atomic mass is 10.0. The lowest BCUT2D eigenvalue weighted by molar-refractivity contribution is 0.598. The Balaban J connectivity index is 3.02. The van der Waals surface area contributed by atoms with Gasteiger partial charge in [-0.2, -0.15) is 12.8 Å². The van der Waals surface area contributed by atoms with Crippen LogP contribution in [0.1, 0.15) is 38.7 Å². The van der Waals surface area contributed by atoms with E-state index in [9.17, 15) is 8.42 Å². The van der Waals surface area contributed by atoms with Crippen LogP contribution >= 0.6 is 0 Å². The number of hydrogen-bond donors (Lipinski definition) is 0. The minimum Gasteiger partial charge on any atom is -0.199 e. The van der Waals surface area contributed by atoms with Crippen molar-refractivity contribution in [2.24, 2.45) is 4.40 Å². The average molecular weight is 239 g/mol. The second kappa shape index (κ2) is 5.25. The molecule has 0 aliphatic carbocycles. The largest absolute Gasteiger partial charge is 0.281 e. The van der Waals surface area contributed by atoms with E-state index in [0.29, 0.717) is 12.3 Å². The van der Waals surface area contributed by atoms with Crippen LogP contribution in [0.3, 0.4) is 0 Å². The Morgan fingerprint density at radius 1 is 1.25 bits per heavy atom. The summed E-state index contributed by atoms with van der Waals surface area (Å²) in [6.07, 6.45) is 2.02. The summed E-state index contributed by atoms with van der Waals surface area (Å²) in [6.45, 7) is 5.98. The normalized spacial score (nSPS) is 12.5. The molecule has 88 valence electrons. The van der Waals surface area contributed by atoms with Gasteiger partial charge in [0.1, 0.15) is 0 Å². The van der Waals surface area contributed by atoms with Gasteiger partial charge < -0.3 is 0 Å². The molecule has 0 spiro atoms. The molecule has 1 rings (SSSR count). The summed E-state index contributed by atoms with van der Waals surface area (Å²) < 4.78 is 26.9. The van der Waals surface area contributed by atoms with Gasteiger partial charge in [-0.05, 0) is 30.0 Å². The molecule has 0 amide bonds. The van der Waals surface area contributed by atoms with Crippen LogP contribution in [0.4, 0.5) is 0 Å². The van der Waals surface area contributed by atoms with Gasteiger partial charge in [0.2, 0.25) is 0 Å². The minimum atomic E-state index is -3.50. The van der Waals surface area contributed by atoms with Gasteiger partial charge in [-0.1, -0.05) is 32.9 Å². The maximum Gasteiger partial charge on any atom is 0.281 e. The molecule has 0 saturated carbocycles. The van der Waals surface area contributed by atoms with Crippen molar-refractivity contribution in [2.45, 2.75) is 38.0 Å². The number of sulfonamides is 1. The predicted octanol–water partition coefficient (Wildman–Crippen LogP) is 2.98. The molecule has 3 nitrogen and oxygen atoms in total. The Kier molecular flexibility index (Phi) is 4.24. The number of nitrogens with zero attached hydrogens (tertiary/aromatic N) is 1. The van der Waals surface area contributed by atoms with Crippen molar-refractivity contribution in [1.29, 1.82) is 0 Å². The molecule has 0 unspecified atom stereocenters. The molecule has 0 aromatic heterocycles. The lowest BCUT2D eigenvalue weighted by Gasteiger charge is -2.05. The highest BCUT2D eigenvalue weighted by molar-refractivity contribution is 7.90. The van der Waals surface area contributed by atoms with Gasteiger partial charge in [0.15, 0.2) is 0 Å². The minimum absolute atomic E-state index is 0.251. The standard InChI is InChI=1S/C12H17NO2S/c1-4-9-13-16(14,15)12-7-5-11(6-8-12)10(2)3/h5-10H,4H2,1-3H3/b13-9+. The maximum absolute atomic E-state index is 11.7. The first kappa shape index (κ1) is 12.9. The van der Waals surface area contributed by atoms with Crippen molar-refractivity contribution >= 4 is 16.2 Å². The Morgan fingerprint density at radius 3 is 2.25 bits per heavy atom. The van der Waals surface area contributed by atoms with Crippen molar-refractivity contribution in [3.8, 4) is 0 Å². The van der Waals surface area contributed by atoms with Crippen LogP contribution in [0.25, 0.3) is 0 Å². The van der Waals surface area contributed by atoms with Gasteiger partial charge in [-0.3, -0.25) is 0 Å². The van der Waals surface area contributed by atoms with Crippen molar-refractivity contribution in [3.05, 3.63) is 29.8 Å². The van der Waals surface area contributed by atoms with Crippen molar-refractivity contribution < 1.29 is 8.42 Å². The third kappa shape index (κ3) is 3.17. The zero-order valence-corrected chi connectivity index (χ0v) is 10.7. The molecule has 0 aliphatic rings. The molecule has 1 aromatic carbocycles. The smallest absolute Gasteiger partial charge is 0.199 e. The van der Waals surface area contributed by atoms with Crippen LogP contribution in [-0.2, 0) is 10.0 Å². The van der Waals surface area contributed by atoms with E-state index >= 15 is 0 Å². The number of rotatable bonds is 4. The molecule has 0 N–H and O–H groups in total. The molecule has 1 aromatic rings. The van der Waals surface area contributed by atoms with E-state index in [1.54, 1.807) is 12.1 Å². The average Bonchev–Trinajstić information content (AvgIpc) is 2.26. The molecule has 0 radical (unpaired) electrons. The second-order valence-electron chi connectivity index (χ2n) is 3.90. The summed E-state index contributed by atoms with van der Waals surface area (Å²) in [5.41, 5.74) is 1.12. The highest BCUT2D eigenvalue weighted by Gasteiger charge is 2.11. The maximum atomic E-state index is 11.7. The Bertz CT molecular complexity index is 458. The predicted molar refractivity (Wildman–Crippen MR) is 66.5 cm³/mol. The van der Waals surface area contributed by atoms with Crippen molar-refractivity contribution in [1.82, 2.24) is 0 Å². The zero-order valence-electron chi connectivity index (χ0n) is 9.84. The Labute approximate surface area is 97.3 Å². The van der Waals surface area contributed by atoms with E-state index in [0.717, 1.165) is 5.56 Å². The van der Waals surface area contributed by atoms with Crippen LogP contribution in [0.5, 0.6) is 0 Å². The SMILES string of the molecule is CC/C=N/S(=O)(=O)c1ccc(C(C)C)cc1.